The van der Waals surface area contributed by atoms with Crippen molar-refractivity contribution in [3.63, 3.8) is 0 Å². The number of rotatable bonds is 2. The van der Waals surface area contributed by atoms with Crippen molar-refractivity contribution in [2.45, 2.75) is 59.5 Å². The van der Waals surface area contributed by atoms with Gasteiger partial charge in [-0.25, -0.2) is 0 Å². The Hall–Kier alpha value is -0.00130. The molecule has 108 valence electrons. The molecular formula is C14H21F3OSn. The summed E-state index contributed by atoms with van der Waals surface area (Å²) in [6.07, 6.45) is 0.615. The van der Waals surface area contributed by atoms with Crippen molar-refractivity contribution < 1.29 is 18.0 Å². The first-order valence-electron chi connectivity index (χ1n) is 6.94. The van der Waals surface area contributed by atoms with Gasteiger partial charge in [-0.2, -0.15) is 0 Å². The van der Waals surface area contributed by atoms with E-state index in [4.69, 9.17) is 0 Å². The van der Waals surface area contributed by atoms with Gasteiger partial charge in [0.15, 0.2) is 0 Å². The third-order valence-corrected chi connectivity index (χ3v) is 10.9. The summed E-state index contributed by atoms with van der Waals surface area (Å²) in [5.41, 5.74) is -0.215. The van der Waals surface area contributed by atoms with Crippen LogP contribution in [0.2, 0.25) is 14.8 Å². The van der Waals surface area contributed by atoms with Crippen LogP contribution in [0, 0.1) is 5.41 Å². The molecule has 1 nitrogen and oxygen atoms in total. The number of hydrogen-bond donors (Lipinski definition) is 0. The summed E-state index contributed by atoms with van der Waals surface area (Å²) < 4.78 is 39.5. The third kappa shape index (κ3) is 2.74. The van der Waals surface area contributed by atoms with Crippen LogP contribution in [-0.2, 0) is 4.79 Å². The molecular weight excluding hydrogens is 360 g/mol. The summed E-state index contributed by atoms with van der Waals surface area (Å²) in [5.74, 6) is -1.54. The fourth-order valence-corrected chi connectivity index (χ4v) is 9.24. The van der Waals surface area contributed by atoms with Crippen LogP contribution in [0.25, 0.3) is 0 Å². The maximum absolute atomic E-state index is 12.9. The molecule has 0 unspecified atom stereocenters. The molecule has 0 radical (unpaired) electrons. The number of carbonyl (C=O) groups is 1. The molecule has 5 heteroatoms. The number of hydrogen-bond acceptors (Lipinski definition) is 1. The molecule has 1 fully saturated rings. The van der Waals surface area contributed by atoms with Crippen LogP contribution >= 0.6 is 0 Å². The van der Waals surface area contributed by atoms with Gasteiger partial charge in [0.25, 0.3) is 0 Å². The van der Waals surface area contributed by atoms with E-state index in [0.717, 1.165) is 42.1 Å². The van der Waals surface area contributed by atoms with E-state index >= 15 is 0 Å². The van der Waals surface area contributed by atoms with Crippen molar-refractivity contribution in [1.82, 2.24) is 0 Å². The Balaban J connectivity index is 2.43. The van der Waals surface area contributed by atoms with Crippen LogP contribution in [0.3, 0.4) is 0 Å². The molecule has 0 N–H and O–H groups in total. The number of ketones is 1. The first-order valence-corrected chi connectivity index (χ1v) is 16.9. The minimum absolute atomic E-state index is 0.197. The summed E-state index contributed by atoms with van der Waals surface area (Å²) in [6, 6.07) is 0. The molecule has 0 heterocycles. The zero-order valence-corrected chi connectivity index (χ0v) is 14.6. The zero-order chi connectivity index (χ0) is 14.5. The zero-order valence-electron chi connectivity index (χ0n) is 11.8. The van der Waals surface area contributed by atoms with E-state index in [2.05, 4.69) is 14.8 Å². The molecule has 0 aromatic carbocycles. The molecule has 1 spiro atoms. The van der Waals surface area contributed by atoms with Gasteiger partial charge in [0.05, 0.1) is 0 Å². The summed E-state index contributed by atoms with van der Waals surface area (Å²) in [6.45, 7) is 0. The Morgan fingerprint density at radius 3 is 2.05 bits per heavy atom. The van der Waals surface area contributed by atoms with Gasteiger partial charge in [0.1, 0.15) is 0 Å². The molecule has 1 saturated carbocycles. The summed E-state index contributed by atoms with van der Waals surface area (Å²) in [5, 5.41) is 0. The molecule has 0 aliphatic heterocycles. The SMILES string of the molecule is [CH3][Sn]([CH3])([CH3])[C]1=C(C(=O)C(F)(F)F)C2(CCCCC2)C1. The van der Waals surface area contributed by atoms with Crippen molar-refractivity contribution in [2.75, 3.05) is 0 Å². The van der Waals surface area contributed by atoms with Crippen LogP contribution in [-0.4, -0.2) is 30.3 Å². The fraction of sp³-hybridized carbons (Fsp3) is 0.786. The van der Waals surface area contributed by atoms with Crippen LogP contribution in [0.15, 0.2) is 9.16 Å². The number of alkyl halides is 3. The standard InChI is InChI=1S/C11H12F3O.3CH3.Sn/c12-11(13,14)9(15)8-4-7-10(8)5-2-1-3-6-10;;;;/h1-3,5-7H2;3*1H3;. The van der Waals surface area contributed by atoms with E-state index in [0.29, 0.717) is 0 Å². The molecule has 0 bridgehead atoms. The summed E-state index contributed by atoms with van der Waals surface area (Å²) in [4.78, 5) is 18.1. The van der Waals surface area contributed by atoms with Gasteiger partial charge in [-0.05, 0) is 0 Å². The van der Waals surface area contributed by atoms with Crippen LogP contribution in [0.4, 0.5) is 13.2 Å². The van der Waals surface area contributed by atoms with Crippen molar-refractivity contribution in [3.8, 4) is 0 Å². The third-order valence-electron chi connectivity index (χ3n) is 4.55. The quantitative estimate of drug-likeness (QED) is 0.637. The summed E-state index contributed by atoms with van der Waals surface area (Å²) >= 11 is -2.59. The van der Waals surface area contributed by atoms with E-state index in [9.17, 15) is 18.0 Å². The van der Waals surface area contributed by atoms with E-state index < -0.39 is 35.8 Å². The van der Waals surface area contributed by atoms with Crippen molar-refractivity contribution in [2.24, 2.45) is 5.41 Å². The van der Waals surface area contributed by atoms with Gasteiger partial charge < -0.3 is 0 Å². The fourth-order valence-electron chi connectivity index (χ4n) is 3.54. The Morgan fingerprint density at radius 2 is 1.63 bits per heavy atom. The molecule has 2 aliphatic carbocycles. The van der Waals surface area contributed by atoms with Crippen LogP contribution < -0.4 is 0 Å². The van der Waals surface area contributed by atoms with Gasteiger partial charge in [-0.3, -0.25) is 0 Å². The average molecular weight is 381 g/mol. The van der Waals surface area contributed by atoms with Gasteiger partial charge in [-0.1, -0.05) is 0 Å². The van der Waals surface area contributed by atoms with Crippen molar-refractivity contribution >= 4 is 24.2 Å². The second kappa shape index (κ2) is 4.78. The van der Waals surface area contributed by atoms with E-state index in [1.54, 1.807) is 0 Å². The average Bonchev–Trinajstić information content (AvgIpc) is 2.25. The predicted molar refractivity (Wildman–Crippen MR) is 71.6 cm³/mol. The maximum atomic E-state index is 12.9. The molecule has 0 atom stereocenters. The Kier molecular flexibility index (Phi) is 3.87. The van der Waals surface area contributed by atoms with Gasteiger partial charge in [0.2, 0.25) is 0 Å². The van der Waals surface area contributed by atoms with E-state index in [1.807, 2.05) is 0 Å². The second-order valence-corrected chi connectivity index (χ2v) is 21.5. The molecule has 0 aromatic heterocycles. The molecule has 0 amide bonds. The number of Topliss-reactive ketones (excluding diaryl/α,β-unsaturated/α-hetero) is 1. The molecule has 0 saturated heterocycles. The normalized spacial score (nSPS) is 23.5. The van der Waals surface area contributed by atoms with Gasteiger partial charge >= 0.3 is 116 Å². The topological polar surface area (TPSA) is 17.1 Å². The Labute approximate surface area is 116 Å². The molecule has 2 aliphatic rings. The number of carbonyl (C=O) groups excluding carboxylic acids is 1. The van der Waals surface area contributed by atoms with Gasteiger partial charge in [0, 0.05) is 0 Å². The second-order valence-electron chi connectivity index (χ2n) is 6.95. The Morgan fingerprint density at radius 1 is 1.11 bits per heavy atom. The molecule has 2 rings (SSSR count). The monoisotopic (exact) mass is 382 g/mol. The van der Waals surface area contributed by atoms with Gasteiger partial charge in [-0.15, -0.1) is 0 Å². The van der Waals surface area contributed by atoms with Crippen LogP contribution in [0.5, 0.6) is 0 Å². The van der Waals surface area contributed by atoms with Crippen LogP contribution in [0.1, 0.15) is 38.5 Å². The van der Waals surface area contributed by atoms with E-state index in [-0.39, 0.29) is 5.57 Å². The molecule has 19 heavy (non-hydrogen) atoms. The first kappa shape index (κ1) is 15.4. The Bertz CT molecular complexity index is 423. The summed E-state index contributed by atoms with van der Waals surface area (Å²) in [7, 11) is 0. The minimum atomic E-state index is -4.71. The molecule has 0 aromatic rings. The van der Waals surface area contributed by atoms with Crippen molar-refractivity contribution in [3.05, 3.63) is 9.16 Å². The van der Waals surface area contributed by atoms with E-state index in [1.165, 1.54) is 0 Å². The number of allylic oxidation sites excluding steroid dienone is 2. The van der Waals surface area contributed by atoms with Crippen molar-refractivity contribution in [1.29, 1.82) is 0 Å². The number of halogens is 3. The predicted octanol–water partition coefficient (Wildman–Crippen LogP) is 4.65. The first-order chi connectivity index (χ1) is 8.58.